The van der Waals surface area contributed by atoms with Gasteiger partial charge in [0.15, 0.2) is 11.0 Å². The molecule has 0 saturated heterocycles. The molecular formula is C21H19N5OS. The van der Waals surface area contributed by atoms with E-state index in [9.17, 15) is 4.79 Å². The highest BCUT2D eigenvalue weighted by Crippen LogP contribution is 2.32. The Morgan fingerprint density at radius 3 is 2.61 bits per heavy atom. The highest BCUT2D eigenvalue weighted by Gasteiger charge is 2.16. The summed E-state index contributed by atoms with van der Waals surface area (Å²) in [5.41, 5.74) is 10.2. The molecule has 28 heavy (non-hydrogen) atoms. The van der Waals surface area contributed by atoms with Gasteiger partial charge in [-0.1, -0.05) is 59.8 Å². The third-order valence-electron chi connectivity index (χ3n) is 4.48. The van der Waals surface area contributed by atoms with Gasteiger partial charge in [-0.15, -0.1) is 10.2 Å². The van der Waals surface area contributed by atoms with Crippen LogP contribution in [0.25, 0.3) is 33.5 Å². The highest BCUT2D eigenvalue weighted by molar-refractivity contribution is 7.99. The van der Waals surface area contributed by atoms with Crippen LogP contribution in [-0.2, 0) is 11.8 Å². The smallest absolute Gasteiger partial charge is 0.227 e. The lowest BCUT2D eigenvalue weighted by Crippen LogP contribution is -2.13. The van der Waals surface area contributed by atoms with Crippen LogP contribution in [0.2, 0.25) is 0 Å². The number of carbonyl (C=O) groups is 1. The van der Waals surface area contributed by atoms with Gasteiger partial charge in [0.1, 0.15) is 0 Å². The van der Waals surface area contributed by atoms with Crippen molar-refractivity contribution >= 4 is 28.6 Å². The Bertz CT molecular complexity index is 1170. The molecule has 0 aliphatic rings. The summed E-state index contributed by atoms with van der Waals surface area (Å²) in [6, 6.07) is 18.3. The Hall–Kier alpha value is -3.19. The third-order valence-corrected chi connectivity index (χ3v) is 5.53. The maximum absolute atomic E-state index is 11.1. The Labute approximate surface area is 166 Å². The number of primary amides is 1. The molecule has 2 heterocycles. The Morgan fingerprint density at radius 2 is 1.86 bits per heavy atom. The molecule has 0 atom stereocenters. The van der Waals surface area contributed by atoms with E-state index >= 15 is 0 Å². The molecule has 2 aromatic heterocycles. The SMILES string of the molecule is Cc1ccc(-c2cc(-c3nnc(SCC(N)=O)n3C)c3ccccc3n2)cc1. The quantitative estimate of drug-likeness (QED) is 0.527. The molecule has 0 fully saturated rings. The summed E-state index contributed by atoms with van der Waals surface area (Å²) in [4.78, 5) is 15.9. The number of fused-ring (bicyclic) bond motifs is 1. The maximum atomic E-state index is 11.1. The summed E-state index contributed by atoms with van der Waals surface area (Å²) in [6.45, 7) is 2.06. The zero-order chi connectivity index (χ0) is 19.7. The van der Waals surface area contributed by atoms with E-state index in [-0.39, 0.29) is 11.7 Å². The number of hydrogen-bond donors (Lipinski definition) is 1. The summed E-state index contributed by atoms with van der Waals surface area (Å²) >= 11 is 1.28. The lowest BCUT2D eigenvalue weighted by molar-refractivity contribution is -0.115. The molecule has 1 amide bonds. The van der Waals surface area contributed by atoms with Crippen molar-refractivity contribution in [2.45, 2.75) is 12.1 Å². The largest absolute Gasteiger partial charge is 0.369 e. The van der Waals surface area contributed by atoms with Crippen LogP contribution < -0.4 is 5.73 Å². The van der Waals surface area contributed by atoms with Crippen LogP contribution in [0.15, 0.2) is 59.8 Å². The molecule has 4 rings (SSSR count). The highest BCUT2D eigenvalue weighted by atomic mass is 32.2. The molecular weight excluding hydrogens is 370 g/mol. The van der Waals surface area contributed by atoms with Crippen molar-refractivity contribution < 1.29 is 4.79 Å². The fourth-order valence-electron chi connectivity index (χ4n) is 3.04. The number of para-hydroxylation sites is 1. The van der Waals surface area contributed by atoms with E-state index in [4.69, 9.17) is 10.7 Å². The number of amides is 1. The minimum Gasteiger partial charge on any atom is -0.369 e. The number of pyridine rings is 1. The fraction of sp³-hybridized carbons (Fsp3) is 0.143. The van der Waals surface area contributed by atoms with Gasteiger partial charge in [0.2, 0.25) is 5.91 Å². The van der Waals surface area contributed by atoms with E-state index in [1.807, 2.05) is 41.9 Å². The van der Waals surface area contributed by atoms with Gasteiger partial charge in [-0.25, -0.2) is 4.98 Å². The second-order valence-corrected chi connectivity index (χ2v) is 7.50. The number of nitrogens with zero attached hydrogens (tertiary/aromatic N) is 4. The Kier molecular flexibility index (Phi) is 4.83. The summed E-state index contributed by atoms with van der Waals surface area (Å²) in [5.74, 6) is 0.502. The van der Waals surface area contributed by atoms with E-state index in [1.165, 1.54) is 17.3 Å². The van der Waals surface area contributed by atoms with Gasteiger partial charge in [-0.05, 0) is 19.1 Å². The molecule has 7 heteroatoms. The number of benzene rings is 2. The first-order valence-corrected chi connectivity index (χ1v) is 9.79. The summed E-state index contributed by atoms with van der Waals surface area (Å²) in [5, 5.41) is 10.3. The molecule has 0 aliphatic heterocycles. The van der Waals surface area contributed by atoms with Gasteiger partial charge >= 0.3 is 0 Å². The molecule has 0 unspecified atom stereocenters. The summed E-state index contributed by atoms with van der Waals surface area (Å²) in [6.07, 6.45) is 0. The van der Waals surface area contributed by atoms with Gasteiger partial charge in [0.25, 0.3) is 0 Å². The first-order chi connectivity index (χ1) is 13.5. The minimum atomic E-state index is -0.384. The van der Waals surface area contributed by atoms with Gasteiger partial charge < -0.3 is 10.3 Å². The molecule has 0 radical (unpaired) electrons. The summed E-state index contributed by atoms with van der Waals surface area (Å²) < 4.78 is 1.88. The van der Waals surface area contributed by atoms with Crippen LogP contribution >= 0.6 is 11.8 Å². The first kappa shape index (κ1) is 18.2. The van der Waals surface area contributed by atoms with Crippen molar-refractivity contribution in [3.8, 4) is 22.6 Å². The second-order valence-electron chi connectivity index (χ2n) is 6.56. The van der Waals surface area contributed by atoms with Crippen LogP contribution in [0.4, 0.5) is 0 Å². The lowest BCUT2D eigenvalue weighted by atomic mass is 10.0. The topological polar surface area (TPSA) is 86.7 Å². The number of carbonyl (C=O) groups excluding carboxylic acids is 1. The van der Waals surface area contributed by atoms with Crippen molar-refractivity contribution in [1.82, 2.24) is 19.7 Å². The standard InChI is InChI=1S/C21H19N5OS/c1-13-7-9-14(10-8-13)18-11-16(15-5-3-4-6-17(15)23-18)20-24-25-21(26(20)2)28-12-19(22)27/h3-11H,12H2,1-2H3,(H2,22,27). The average Bonchev–Trinajstić information content (AvgIpc) is 3.06. The third kappa shape index (κ3) is 3.48. The predicted octanol–water partition coefficient (Wildman–Crippen LogP) is 3.58. The zero-order valence-corrected chi connectivity index (χ0v) is 16.4. The summed E-state index contributed by atoms with van der Waals surface area (Å²) in [7, 11) is 1.89. The van der Waals surface area contributed by atoms with Crippen molar-refractivity contribution in [3.63, 3.8) is 0 Å². The van der Waals surface area contributed by atoms with Gasteiger partial charge in [0, 0.05) is 23.6 Å². The fourth-order valence-corrected chi connectivity index (χ4v) is 3.69. The maximum Gasteiger partial charge on any atom is 0.227 e. The van der Waals surface area contributed by atoms with E-state index in [0.29, 0.717) is 5.16 Å². The number of hydrogen-bond acceptors (Lipinski definition) is 5. The molecule has 2 N–H and O–H groups in total. The van der Waals surface area contributed by atoms with Crippen LogP contribution in [-0.4, -0.2) is 31.4 Å². The molecule has 0 bridgehead atoms. The monoisotopic (exact) mass is 389 g/mol. The second kappa shape index (κ2) is 7.44. The van der Waals surface area contributed by atoms with E-state index in [2.05, 4.69) is 41.4 Å². The molecule has 6 nitrogen and oxygen atoms in total. The van der Waals surface area contributed by atoms with Crippen LogP contribution in [0.3, 0.4) is 0 Å². The zero-order valence-electron chi connectivity index (χ0n) is 15.6. The van der Waals surface area contributed by atoms with Crippen LogP contribution in [0, 0.1) is 6.92 Å². The molecule has 4 aromatic rings. The van der Waals surface area contributed by atoms with Gasteiger partial charge in [0.05, 0.1) is 17.0 Å². The van der Waals surface area contributed by atoms with Crippen molar-refractivity contribution in [2.24, 2.45) is 12.8 Å². The van der Waals surface area contributed by atoms with Crippen molar-refractivity contribution in [3.05, 3.63) is 60.2 Å². The lowest BCUT2D eigenvalue weighted by Gasteiger charge is -2.10. The van der Waals surface area contributed by atoms with Crippen molar-refractivity contribution in [2.75, 3.05) is 5.75 Å². The van der Waals surface area contributed by atoms with Crippen LogP contribution in [0.5, 0.6) is 0 Å². The normalized spacial score (nSPS) is 11.1. The predicted molar refractivity (Wildman–Crippen MR) is 112 cm³/mol. The molecule has 0 saturated carbocycles. The van der Waals surface area contributed by atoms with Gasteiger partial charge in [-0.3, -0.25) is 4.79 Å². The minimum absolute atomic E-state index is 0.164. The Balaban J connectivity index is 1.86. The number of aryl methyl sites for hydroxylation is 1. The number of aromatic nitrogens is 4. The van der Waals surface area contributed by atoms with Gasteiger partial charge in [-0.2, -0.15) is 0 Å². The first-order valence-electron chi connectivity index (χ1n) is 8.80. The van der Waals surface area contributed by atoms with Crippen molar-refractivity contribution in [1.29, 1.82) is 0 Å². The number of rotatable bonds is 5. The molecule has 0 spiro atoms. The average molecular weight is 389 g/mol. The molecule has 140 valence electrons. The van der Waals surface area contributed by atoms with E-state index in [1.54, 1.807) is 0 Å². The van der Waals surface area contributed by atoms with E-state index in [0.717, 1.165) is 33.5 Å². The Morgan fingerprint density at radius 1 is 1.11 bits per heavy atom. The molecule has 2 aromatic carbocycles. The molecule has 0 aliphatic carbocycles. The van der Waals surface area contributed by atoms with E-state index < -0.39 is 0 Å². The number of nitrogens with two attached hydrogens (primary N) is 1. The van der Waals surface area contributed by atoms with Crippen LogP contribution in [0.1, 0.15) is 5.56 Å². The number of thioether (sulfide) groups is 1.